The topological polar surface area (TPSA) is 61.8 Å². The molecule has 0 aliphatic carbocycles. The van der Waals surface area contributed by atoms with Crippen LogP contribution in [0.1, 0.15) is 36.7 Å². The Kier molecular flexibility index (Phi) is 6.56. The summed E-state index contributed by atoms with van der Waals surface area (Å²) in [6, 6.07) is 3.36. The minimum Gasteiger partial charge on any atom is -0.493 e. The van der Waals surface area contributed by atoms with Crippen LogP contribution in [0.3, 0.4) is 0 Å². The second-order valence-corrected chi connectivity index (χ2v) is 4.00. The molecule has 0 saturated carbocycles. The molecule has 0 atom stereocenters. The SMILES string of the molecule is CCOC(=O)COc1cc(OCC)c(CC)cc1C=O. The van der Waals surface area contributed by atoms with Gasteiger partial charge >= 0.3 is 5.97 Å². The Morgan fingerprint density at radius 3 is 2.40 bits per heavy atom. The molecule has 0 radical (unpaired) electrons. The van der Waals surface area contributed by atoms with Crippen LogP contribution in [0.4, 0.5) is 0 Å². The molecule has 0 bridgehead atoms. The first-order chi connectivity index (χ1) is 9.65. The zero-order chi connectivity index (χ0) is 15.0. The van der Waals surface area contributed by atoms with Gasteiger partial charge in [-0.2, -0.15) is 0 Å². The summed E-state index contributed by atoms with van der Waals surface area (Å²) >= 11 is 0. The van der Waals surface area contributed by atoms with E-state index < -0.39 is 5.97 Å². The van der Waals surface area contributed by atoms with Crippen LogP contribution in [0.2, 0.25) is 0 Å². The molecule has 0 saturated heterocycles. The Morgan fingerprint density at radius 1 is 1.10 bits per heavy atom. The maximum Gasteiger partial charge on any atom is 0.344 e. The van der Waals surface area contributed by atoms with E-state index in [0.29, 0.717) is 36.6 Å². The number of aryl methyl sites for hydroxylation is 1. The second kappa shape index (κ2) is 8.19. The average molecular weight is 280 g/mol. The van der Waals surface area contributed by atoms with Gasteiger partial charge in [-0.1, -0.05) is 6.92 Å². The molecular weight excluding hydrogens is 260 g/mol. The van der Waals surface area contributed by atoms with Crippen molar-refractivity contribution in [3.05, 3.63) is 23.3 Å². The van der Waals surface area contributed by atoms with Crippen LogP contribution in [0.5, 0.6) is 11.5 Å². The second-order valence-electron chi connectivity index (χ2n) is 4.00. The van der Waals surface area contributed by atoms with Gasteiger partial charge in [-0.3, -0.25) is 4.79 Å². The summed E-state index contributed by atoms with van der Waals surface area (Å²) in [5.41, 5.74) is 1.33. The molecule has 0 aromatic heterocycles. The first kappa shape index (κ1) is 16.0. The molecule has 0 fully saturated rings. The maximum absolute atomic E-state index is 11.3. The van der Waals surface area contributed by atoms with E-state index in [2.05, 4.69) is 0 Å². The van der Waals surface area contributed by atoms with E-state index in [1.54, 1.807) is 19.1 Å². The predicted octanol–water partition coefficient (Wildman–Crippen LogP) is 2.40. The smallest absolute Gasteiger partial charge is 0.344 e. The number of carbonyl (C=O) groups excluding carboxylic acids is 2. The van der Waals surface area contributed by atoms with Crippen LogP contribution >= 0.6 is 0 Å². The molecule has 0 aliphatic rings. The summed E-state index contributed by atoms with van der Waals surface area (Å²) in [4.78, 5) is 22.4. The normalized spacial score (nSPS) is 9.95. The van der Waals surface area contributed by atoms with Gasteiger partial charge < -0.3 is 14.2 Å². The number of benzene rings is 1. The zero-order valence-corrected chi connectivity index (χ0v) is 12.1. The summed E-state index contributed by atoms with van der Waals surface area (Å²) in [6.45, 7) is 6.16. The summed E-state index contributed by atoms with van der Waals surface area (Å²) in [7, 11) is 0. The number of esters is 1. The molecule has 0 spiro atoms. The van der Waals surface area contributed by atoms with E-state index >= 15 is 0 Å². The van der Waals surface area contributed by atoms with E-state index in [1.165, 1.54) is 0 Å². The lowest BCUT2D eigenvalue weighted by molar-refractivity contribution is -0.145. The number of ether oxygens (including phenoxy) is 3. The van der Waals surface area contributed by atoms with Crippen molar-refractivity contribution >= 4 is 12.3 Å². The summed E-state index contributed by atoms with van der Waals surface area (Å²) in [5.74, 6) is 0.523. The van der Waals surface area contributed by atoms with Gasteiger partial charge in [0, 0.05) is 6.07 Å². The summed E-state index contributed by atoms with van der Waals surface area (Å²) in [5, 5.41) is 0. The third kappa shape index (κ3) is 4.26. The zero-order valence-electron chi connectivity index (χ0n) is 12.1. The maximum atomic E-state index is 11.3. The molecule has 1 rings (SSSR count). The highest BCUT2D eigenvalue weighted by Crippen LogP contribution is 2.29. The molecule has 5 heteroatoms. The average Bonchev–Trinajstić information content (AvgIpc) is 2.45. The van der Waals surface area contributed by atoms with Crippen molar-refractivity contribution in [3.63, 3.8) is 0 Å². The minimum absolute atomic E-state index is 0.230. The fraction of sp³-hybridized carbons (Fsp3) is 0.467. The Balaban J connectivity index is 2.95. The van der Waals surface area contributed by atoms with E-state index in [-0.39, 0.29) is 6.61 Å². The van der Waals surface area contributed by atoms with E-state index in [1.807, 2.05) is 13.8 Å². The highest BCUT2D eigenvalue weighted by atomic mass is 16.6. The minimum atomic E-state index is -0.470. The lowest BCUT2D eigenvalue weighted by Crippen LogP contribution is -2.15. The standard InChI is InChI=1S/C15H20O5/c1-4-11-7-12(9-16)14(8-13(11)18-5-2)20-10-15(17)19-6-3/h7-9H,4-6,10H2,1-3H3. The van der Waals surface area contributed by atoms with Crippen LogP contribution in [0.15, 0.2) is 12.1 Å². The van der Waals surface area contributed by atoms with Gasteiger partial charge in [0.1, 0.15) is 11.5 Å². The molecule has 0 amide bonds. The number of rotatable bonds is 8. The molecule has 1 aromatic carbocycles. The molecule has 0 aliphatic heterocycles. The molecule has 5 nitrogen and oxygen atoms in total. The number of hydrogen-bond donors (Lipinski definition) is 0. The van der Waals surface area contributed by atoms with Crippen LogP contribution in [-0.4, -0.2) is 32.1 Å². The largest absolute Gasteiger partial charge is 0.493 e. The van der Waals surface area contributed by atoms with Crippen molar-refractivity contribution in [3.8, 4) is 11.5 Å². The first-order valence-corrected chi connectivity index (χ1v) is 6.69. The van der Waals surface area contributed by atoms with Crippen molar-refractivity contribution < 1.29 is 23.8 Å². The third-order valence-corrected chi connectivity index (χ3v) is 2.65. The Hall–Kier alpha value is -2.04. The Morgan fingerprint density at radius 2 is 1.85 bits per heavy atom. The van der Waals surface area contributed by atoms with E-state index in [4.69, 9.17) is 14.2 Å². The molecule has 0 heterocycles. The van der Waals surface area contributed by atoms with Gasteiger partial charge in [-0.15, -0.1) is 0 Å². The lowest BCUT2D eigenvalue weighted by Gasteiger charge is -2.14. The molecule has 1 aromatic rings. The van der Waals surface area contributed by atoms with Crippen LogP contribution in [-0.2, 0) is 16.0 Å². The van der Waals surface area contributed by atoms with Crippen molar-refractivity contribution in [1.82, 2.24) is 0 Å². The molecule has 110 valence electrons. The molecule has 0 unspecified atom stereocenters. The van der Waals surface area contributed by atoms with Crippen LogP contribution < -0.4 is 9.47 Å². The first-order valence-electron chi connectivity index (χ1n) is 6.69. The highest BCUT2D eigenvalue weighted by molar-refractivity contribution is 5.81. The van der Waals surface area contributed by atoms with Crippen LogP contribution in [0, 0.1) is 0 Å². The number of carbonyl (C=O) groups is 2. The lowest BCUT2D eigenvalue weighted by atomic mass is 10.1. The summed E-state index contributed by atoms with van der Waals surface area (Å²) in [6.07, 6.45) is 1.45. The summed E-state index contributed by atoms with van der Waals surface area (Å²) < 4.78 is 15.6. The fourth-order valence-electron chi connectivity index (χ4n) is 1.75. The van der Waals surface area contributed by atoms with Crippen LogP contribution in [0.25, 0.3) is 0 Å². The quantitative estimate of drug-likeness (QED) is 0.540. The van der Waals surface area contributed by atoms with E-state index in [0.717, 1.165) is 12.0 Å². The van der Waals surface area contributed by atoms with Gasteiger partial charge in [0.05, 0.1) is 18.8 Å². The van der Waals surface area contributed by atoms with Gasteiger partial charge in [0.15, 0.2) is 12.9 Å². The van der Waals surface area contributed by atoms with E-state index in [9.17, 15) is 9.59 Å². The molecular formula is C15H20O5. The predicted molar refractivity (Wildman–Crippen MR) is 74.5 cm³/mol. The fourth-order valence-corrected chi connectivity index (χ4v) is 1.75. The number of aldehydes is 1. The van der Waals surface area contributed by atoms with Crippen molar-refractivity contribution in [2.24, 2.45) is 0 Å². The van der Waals surface area contributed by atoms with Gasteiger partial charge in [0.25, 0.3) is 0 Å². The highest BCUT2D eigenvalue weighted by Gasteiger charge is 2.12. The monoisotopic (exact) mass is 280 g/mol. The molecule has 0 N–H and O–H groups in total. The Labute approximate surface area is 118 Å². The van der Waals surface area contributed by atoms with Gasteiger partial charge in [-0.05, 0) is 31.9 Å². The van der Waals surface area contributed by atoms with Gasteiger partial charge in [-0.25, -0.2) is 4.79 Å². The third-order valence-electron chi connectivity index (χ3n) is 2.65. The Bertz CT molecular complexity index is 468. The molecule has 20 heavy (non-hydrogen) atoms. The van der Waals surface area contributed by atoms with Crippen molar-refractivity contribution in [1.29, 1.82) is 0 Å². The van der Waals surface area contributed by atoms with Crippen molar-refractivity contribution in [2.45, 2.75) is 27.2 Å². The van der Waals surface area contributed by atoms with Crippen molar-refractivity contribution in [2.75, 3.05) is 19.8 Å². The number of hydrogen-bond acceptors (Lipinski definition) is 5. The van der Waals surface area contributed by atoms with Gasteiger partial charge in [0.2, 0.25) is 0 Å².